The molecule has 0 fully saturated rings. The highest BCUT2D eigenvalue weighted by Crippen LogP contribution is 2.42. The number of benzene rings is 7. The molecule has 296 valence electrons. The molecular weight excluding hydrogens is 792 g/mol. The Labute approximate surface area is 358 Å². The van der Waals surface area contributed by atoms with Crippen molar-refractivity contribution in [1.29, 1.82) is 21.0 Å². The average Bonchev–Trinajstić information content (AvgIpc) is 3.82. The number of hydrogen-bond acceptors (Lipinski definition) is 5. The van der Waals surface area contributed by atoms with Gasteiger partial charge < -0.3 is 4.57 Å². The Hall–Kier alpha value is -8.96. The lowest BCUT2D eigenvalue weighted by Crippen LogP contribution is -2.07. The Morgan fingerprint density at radius 1 is 0.476 bits per heavy atom. The normalized spacial score (nSPS) is 11.4. The first-order valence-electron chi connectivity index (χ1n) is 19.7. The molecule has 7 nitrogen and oxygen atoms in total. The minimum Gasteiger partial charge on any atom is -0.307 e. The van der Waals surface area contributed by atoms with E-state index in [0.29, 0.717) is 61.6 Å². The van der Waals surface area contributed by atoms with E-state index in [1.54, 1.807) is 55.6 Å². The van der Waals surface area contributed by atoms with Crippen molar-refractivity contribution < 1.29 is 13.2 Å². The minimum absolute atomic E-state index is 0.333. The molecule has 3 aromatic heterocycles. The van der Waals surface area contributed by atoms with Gasteiger partial charge in [-0.1, -0.05) is 78.9 Å². The molecule has 0 aliphatic heterocycles. The third-order valence-electron chi connectivity index (χ3n) is 11.6. The maximum atomic E-state index is 14.6. The van der Waals surface area contributed by atoms with Crippen LogP contribution in [0.1, 0.15) is 33.4 Å². The van der Waals surface area contributed by atoms with E-state index in [0.717, 1.165) is 60.8 Å². The van der Waals surface area contributed by atoms with E-state index in [9.17, 15) is 34.2 Å². The molecule has 63 heavy (non-hydrogen) atoms. The van der Waals surface area contributed by atoms with Gasteiger partial charge >= 0.3 is 6.18 Å². The standard InChI is InChI=1S/C53H28F3N7/c1-31-18-36(22-39(19-31)53(54,55)56)46-25-52(63-48-9-5-3-7-43(48)45-17-13-35(24-50(45)63)41-15-11-33(27-58)21-38(41)29-60)61-30-51(46)62-47-8-4-2-6-42(47)44-16-12-34(23-49(44)62)40-14-10-32(26-57)20-37(40)28-59/h2-25,30H,1H3. The number of fused-ring (bicyclic) bond motifs is 6. The molecule has 0 amide bonds. The van der Waals surface area contributed by atoms with Crippen LogP contribution in [0.5, 0.6) is 0 Å². The van der Waals surface area contributed by atoms with E-state index >= 15 is 0 Å². The molecule has 0 atom stereocenters. The summed E-state index contributed by atoms with van der Waals surface area (Å²) in [5.41, 5.74) is 8.22. The zero-order chi connectivity index (χ0) is 43.6. The lowest BCUT2D eigenvalue weighted by molar-refractivity contribution is -0.137. The third kappa shape index (κ3) is 6.30. The third-order valence-corrected chi connectivity index (χ3v) is 11.6. The maximum absolute atomic E-state index is 14.6. The molecule has 0 N–H and O–H groups in total. The lowest BCUT2D eigenvalue weighted by Gasteiger charge is -2.18. The van der Waals surface area contributed by atoms with Crippen molar-refractivity contribution in [2.45, 2.75) is 13.1 Å². The van der Waals surface area contributed by atoms with Gasteiger partial charge in [-0.3, -0.25) is 4.57 Å². The summed E-state index contributed by atoms with van der Waals surface area (Å²) in [5, 5.41) is 42.8. The number of nitriles is 4. The van der Waals surface area contributed by atoms with Crippen molar-refractivity contribution in [2.75, 3.05) is 0 Å². The first-order chi connectivity index (χ1) is 30.6. The fourth-order valence-corrected chi connectivity index (χ4v) is 8.77. The van der Waals surface area contributed by atoms with Gasteiger partial charge in [0.2, 0.25) is 0 Å². The average molecular weight is 820 g/mol. The summed E-state index contributed by atoms with van der Waals surface area (Å²) in [5.74, 6) is 0.449. The number of halogens is 3. The molecule has 3 heterocycles. The van der Waals surface area contributed by atoms with E-state index in [1.165, 1.54) is 6.07 Å². The zero-order valence-corrected chi connectivity index (χ0v) is 33.2. The van der Waals surface area contributed by atoms with E-state index in [4.69, 9.17) is 4.98 Å². The van der Waals surface area contributed by atoms with Gasteiger partial charge in [0.1, 0.15) is 5.82 Å². The molecule has 0 unspecified atom stereocenters. The molecule has 0 spiro atoms. The molecule has 10 aromatic rings. The van der Waals surface area contributed by atoms with E-state index in [2.05, 4.69) is 24.3 Å². The largest absolute Gasteiger partial charge is 0.416 e. The van der Waals surface area contributed by atoms with Crippen molar-refractivity contribution in [3.8, 4) is 69.2 Å². The molecule has 7 aromatic carbocycles. The molecule has 0 saturated heterocycles. The number of para-hydroxylation sites is 2. The maximum Gasteiger partial charge on any atom is 0.416 e. The van der Waals surface area contributed by atoms with Gasteiger partial charge in [0, 0.05) is 27.1 Å². The Kier molecular flexibility index (Phi) is 8.89. The number of pyridine rings is 1. The Morgan fingerprint density at radius 3 is 1.54 bits per heavy atom. The second-order valence-electron chi connectivity index (χ2n) is 15.3. The van der Waals surface area contributed by atoms with Gasteiger partial charge in [0.25, 0.3) is 0 Å². The summed E-state index contributed by atoms with van der Waals surface area (Å²) in [7, 11) is 0. The first-order valence-corrected chi connectivity index (χ1v) is 19.7. The van der Waals surface area contributed by atoms with E-state index < -0.39 is 11.7 Å². The number of aromatic nitrogens is 3. The molecular formula is C53H28F3N7. The number of nitrogens with zero attached hydrogens (tertiary/aromatic N) is 7. The van der Waals surface area contributed by atoms with Crippen molar-refractivity contribution in [1.82, 2.24) is 14.1 Å². The van der Waals surface area contributed by atoms with Crippen LogP contribution in [-0.2, 0) is 6.18 Å². The first kappa shape index (κ1) is 38.3. The zero-order valence-electron chi connectivity index (χ0n) is 33.2. The highest BCUT2D eigenvalue weighted by Gasteiger charge is 2.31. The Balaban J connectivity index is 1.28. The van der Waals surface area contributed by atoms with Crippen LogP contribution in [0.3, 0.4) is 0 Å². The van der Waals surface area contributed by atoms with E-state index in [-0.39, 0.29) is 0 Å². The summed E-state index contributed by atoms with van der Waals surface area (Å²) in [6, 6.07) is 51.8. The highest BCUT2D eigenvalue weighted by molar-refractivity contribution is 6.12. The highest BCUT2D eigenvalue weighted by atomic mass is 19.4. The lowest BCUT2D eigenvalue weighted by atomic mass is 9.97. The van der Waals surface area contributed by atoms with Crippen LogP contribution in [0.25, 0.3) is 88.5 Å². The molecule has 10 heteroatoms. The Morgan fingerprint density at radius 2 is 1.00 bits per heavy atom. The van der Waals surface area contributed by atoms with Gasteiger partial charge in [-0.05, 0) is 107 Å². The number of hydrogen-bond donors (Lipinski definition) is 0. The predicted octanol–water partition coefficient (Wildman–Crippen LogP) is 13.1. The van der Waals surface area contributed by atoms with Gasteiger partial charge in [-0.2, -0.15) is 34.2 Å². The van der Waals surface area contributed by atoms with Crippen molar-refractivity contribution >= 4 is 43.6 Å². The van der Waals surface area contributed by atoms with Gasteiger partial charge in [0.05, 0.1) is 86.0 Å². The molecule has 0 saturated carbocycles. The Bertz CT molecular complexity index is 3750. The molecule has 0 aliphatic carbocycles. The number of rotatable bonds is 5. The van der Waals surface area contributed by atoms with Crippen LogP contribution < -0.4 is 0 Å². The van der Waals surface area contributed by atoms with Crippen LogP contribution >= 0.6 is 0 Å². The predicted molar refractivity (Wildman–Crippen MR) is 238 cm³/mol. The summed E-state index contributed by atoms with van der Waals surface area (Å²) in [6.45, 7) is 1.64. The van der Waals surface area contributed by atoms with Crippen molar-refractivity contribution in [3.05, 3.63) is 185 Å². The molecule has 0 radical (unpaired) electrons. The second kappa shape index (κ2) is 14.6. The fraction of sp³-hybridized carbons (Fsp3) is 0.0377. The van der Waals surface area contributed by atoms with Gasteiger partial charge in [0.15, 0.2) is 0 Å². The quantitative estimate of drug-likeness (QED) is 0.171. The number of aryl methyl sites for hydroxylation is 1. The fourth-order valence-electron chi connectivity index (χ4n) is 8.77. The summed E-state index contributed by atoms with van der Waals surface area (Å²) in [6.07, 6.45) is -2.92. The second-order valence-corrected chi connectivity index (χ2v) is 15.3. The number of alkyl halides is 3. The molecule has 10 rings (SSSR count). The molecule has 0 aliphatic rings. The van der Waals surface area contributed by atoms with Crippen molar-refractivity contribution in [3.63, 3.8) is 0 Å². The van der Waals surface area contributed by atoms with Crippen LogP contribution in [0, 0.1) is 52.2 Å². The SMILES string of the molecule is Cc1cc(-c2cc(-n3c4ccccc4c4ccc(-c5ccc(C#N)cc5C#N)cc43)ncc2-n2c3ccccc3c3ccc(-c4ccc(C#N)cc4C#N)cc32)cc(C(F)(F)F)c1. The smallest absolute Gasteiger partial charge is 0.307 e. The summed E-state index contributed by atoms with van der Waals surface area (Å²) in [4.78, 5) is 5.11. The van der Waals surface area contributed by atoms with Crippen LogP contribution in [0.15, 0.2) is 152 Å². The van der Waals surface area contributed by atoms with Gasteiger partial charge in [-0.15, -0.1) is 0 Å². The van der Waals surface area contributed by atoms with Crippen molar-refractivity contribution in [2.24, 2.45) is 0 Å². The van der Waals surface area contributed by atoms with Crippen LogP contribution in [0.2, 0.25) is 0 Å². The topological polar surface area (TPSA) is 118 Å². The van der Waals surface area contributed by atoms with Gasteiger partial charge in [-0.25, -0.2) is 4.98 Å². The van der Waals surface area contributed by atoms with Crippen LogP contribution in [-0.4, -0.2) is 14.1 Å². The van der Waals surface area contributed by atoms with Crippen LogP contribution in [0.4, 0.5) is 13.2 Å². The summed E-state index contributed by atoms with van der Waals surface area (Å²) >= 11 is 0. The van der Waals surface area contributed by atoms with E-state index in [1.807, 2.05) is 100 Å². The molecule has 0 bridgehead atoms. The minimum atomic E-state index is -4.62. The monoisotopic (exact) mass is 819 g/mol. The summed E-state index contributed by atoms with van der Waals surface area (Å²) < 4.78 is 47.8.